The Labute approximate surface area is 112 Å². The summed E-state index contributed by atoms with van der Waals surface area (Å²) in [6.07, 6.45) is 6.05. The number of aromatic nitrogens is 2. The summed E-state index contributed by atoms with van der Waals surface area (Å²) < 4.78 is 7.55. The van der Waals surface area contributed by atoms with Gasteiger partial charge in [0.1, 0.15) is 0 Å². The second-order valence-corrected chi connectivity index (χ2v) is 4.91. The van der Waals surface area contributed by atoms with Crippen molar-refractivity contribution in [2.75, 3.05) is 12.5 Å². The third-order valence-electron chi connectivity index (χ3n) is 3.09. The molecule has 0 aliphatic heterocycles. The lowest BCUT2D eigenvalue weighted by molar-refractivity contribution is 0.0988. The fourth-order valence-corrected chi connectivity index (χ4v) is 2.03. The minimum atomic E-state index is -0.0716. The van der Waals surface area contributed by atoms with Gasteiger partial charge >= 0.3 is 0 Å². The van der Waals surface area contributed by atoms with Gasteiger partial charge < -0.3 is 4.74 Å². The van der Waals surface area contributed by atoms with E-state index in [1.807, 2.05) is 4.68 Å². The topological polar surface area (TPSA) is 44.1 Å². The van der Waals surface area contributed by atoms with Gasteiger partial charge in [-0.25, -0.2) is 0 Å². The number of hydrogen-bond acceptors (Lipinski definition) is 3. The van der Waals surface area contributed by atoms with Crippen molar-refractivity contribution in [2.45, 2.75) is 45.3 Å². The zero-order chi connectivity index (χ0) is 13.0. The molecule has 0 amide bonds. The summed E-state index contributed by atoms with van der Waals surface area (Å²) in [7, 11) is 0. The van der Waals surface area contributed by atoms with Gasteiger partial charge in [-0.3, -0.25) is 9.48 Å². The largest absolute Gasteiger partial charge is 0.375 e. The van der Waals surface area contributed by atoms with Crippen molar-refractivity contribution in [3.8, 4) is 0 Å². The zero-order valence-electron chi connectivity index (χ0n) is 10.7. The van der Waals surface area contributed by atoms with Crippen molar-refractivity contribution in [3.63, 3.8) is 0 Å². The van der Waals surface area contributed by atoms with Crippen LogP contribution < -0.4 is 0 Å². The highest BCUT2D eigenvalue weighted by molar-refractivity contribution is 6.30. The number of carbonyl (C=O) groups excluding carboxylic acids is 1. The van der Waals surface area contributed by atoms with Crippen molar-refractivity contribution in [1.82, 2.24) is 9.78 Å². The number of nitrogens with zero attached hydrogens (tertiary/aromatic N) is 2. The molecule has 1 aromatic heterocycles. The van der Waals surface area contributed by atoms with E-state index in [1.54, 1.807) is 6.20 Å². The first-order chi connectivity index (χ1) is 8.77. The molecule has 1 aliphatic carbocycles. The Balaban J connectivity index is 2.07. The summed E-state index contributed by atoms with van der Waals surface area (Å²) in [5.41, 5.74) is 1.51. The maximum absolute atomic E-state index is 11.7. The fraction of sp³-hybridized carbons (Fsp3) is 0.692. The summed E-state index contributed by atoms with van der Waals surface area (Å²) in [5, 5.41) is 4.30. The molecule has 0 N–H and O–H groups in total. The third kappa shape index (κ3) is 3.12. The lowest BCUT2D eigenvalue weighted by atomic mass is 10.2. The smallest absolute Gasteiger partial charge is 0.181 e. The van der Waals surface area contributed by atoms with Gasteiger partial charge in [0.25, 0.3) is 0 Å². The van der Waals surface area contributed by atoms with Crippen LogP contribution in [0.1, 0.15) is 54.7 Å². The Morgan fingerprint density at radius 2 is 2.39 bits per heavy atom. The highest BCUT2D eigenvalue weighted by Gasteiger charge is 2.29. The number of rotatable bonds is 8. The van der Waals surface area contributed by atoms with Crippen LogP contribution >= 0.6 is 11.6 Å². The molecular weight excluding hydrogens is 252 g/mol. The molecule has 0 atom stereocenters. The second kappa shape index (κ2) is 6.34. The Bertz CT molecular complexity index is 413. The number of halogens is 1. The van der Waals surface area contributed by atoms with Gasteiger partial charge in [0, 0.05) is 6.61 Å². The molecule has 2 rings (SSSR count). The van der Waals surface area contributed by atoms with Gasteiger partial charge in [0.05, 0.1) is 36.0 Å². The monoisotopic (exact) mass is 270 g/mol. The molecule has 0 radical (unpaired) electrons. The highest BCUT2D eigenvalue weighted by atomic mass is 35.5. The predicted molar refractivity (Wildman–Crippen MR) is 70.1 cm³/mol. The number of Topliss-reactive ketones (excluding diaryl/α,β-unsaturated/α-hetero) is 1. The van der Waals surface area contributed by atoms with Gasteiger partial charge in [-0.1, -0.05) is 13.3 Å². The van der Waals surface area contributed by atoms with Gasteiger partial charge in [-0.15, -0.1) is 11.6 Å². The van der Waals surface area contributed by atoms with Crippen LogP contribution in [0.15, 0.2) is 6.20 Å². The Morgan fingerprint density at radius 3 is 3.00 bits per heavy atom. The SMILES string of the molecule is CCCCOCc1c(C(=O)CCl)cnn1C1CC1. The molecule has 1 saturated carbocycles. The molecular formula is C13H19ClN2O2. The molecule has 1 fully saturated rings. The Morgan fingerprint density at radius 1 is 1.61 bits per heavy atom. The molecule has 4 nitrogen and oxygen atoms in total. The zero-order valence-corrected chi connectivity index (χ0v) is 11.4. The fourth-order valence-electron chi connectivity index (χ4n) is 1.89. The molecule has 0 bridgehead atoms. The number of alkyl halides is 1. The summed E-state index contributed by atoms with van der Waals surface area (Å²) in [4.78, 5) is 11.7. The van der Waals surface area contributed by atoms with Gasteiger partial charge in [-0.05, 0) is 19.3 Å². The van der Waals surface area contributed by atoms with E-state index in [4.69, 9.17) is 16.3 Å². The number of ketones is 1. The predicted octanol–water partition coefficient (Wildman–Crippen LogP) is 2.96. The first kappa shape index (κ1) is 13.6. The first-order valence-corrected chi connectivity index (χ1v) is 7.04. The van der Waals surface area contributed by atoms with E-state index < -0.39 is 0 Å². The molecule has 18 heavy (non-hydrogen) atoms. The van der Waals surface area contributed by atoms with Crippen LogP contribution in [-0.4, -0.2) is 28.1 Å². The number of unbranched alkanes of at least 4 members (excludes halogenated alkanes) is 1. The molecule has 1 aliphatic rings. The normalized spacial score (nSPS) is 15.0. The standard InChI is InChI=1S/C13H19ClN2O2/c1-2-3-6-18-9-12-11(13(17)7-14)8-15-16(12)10-4-5-10/h8,10H,2-7,9H2,1H3. The minimum absolute atomic E-state index is 0.00167. The molecule has 100 valence electrons. The highest BCUT2D eigenvalue weighted by Crippen LogP contribution is 2.36. The maximum atomic E-state index is 11.7. The Hall–Kier alpha value is -0.870. The van der Waals surface area contributed by atoms with E-state index in [2.05, 4.69) is 12.0 Å². The molecule has 0 unspecified atom stereocenters. The van der Waals surface area contributed by atoms with Crippen LogP contribution in [0.25, 0.3) is 0 Å². The van der Waals surface area contributed by atoms with Crippen molar-refractivity contribution < 1.29 is 9.53 Å². The lowest BCUT2D eigenvalue weighted by Crippen LogP contribution is -2.10. The van der Waals surface area contributed by atoms with Gasteiger partial charge in [0.15, 0.2) is 5.78 Å². The van der Waals surface area contributed by atoms with E-state index in [-0.39, 0.29) is 11.7 Å². The maximum Gasteiger partial charge on any atom is 0.181 e. The van der Waals surface area contributed by atoms with E-state index in [0.29, 0.717) is 18.2 Å². The lowest BCUT2D eigenvalue weighted by Gasteiger charge is -2.08. The number of ether oxygens (including phenoxy) is 1. The number of hydrogen-bond donors (Lipinski definition) is 0. The number of carbonyl (C=O) groups is 1. The third-order valence-corrected chi connectivity index (χ3v) is 3.34. The van der Waals surface area contributed by atoms with Gasteiger partial charge in [-0.2, -0.15) is 5.10 Å². The van der Waals surface area contributed by atoms with Crippen LogP contribution in [-0.2, 0) is 11.3 Å². The minimum Gasteiger partial charge on any atom is -0.375 e. The van der Waals surface area contributed by atoms with Gasteiger partial charge in [0.2, 0.25) is 0 Å². The van der Waals surface area contributed by atoms with Crippen molar-refractivity contribution >= 4 is 17.4 Å². The molecule has 0 saturated heterocycles. The molecule has 0 spiro atoms. The van der Waals surface area contributed by atoms with Crippen molar-refractivity contribution in [1.29, 1.82) is 0 Å². The van der Waals surface area contributed by atoms with Crippen LogP contribution in [0.3, 0.4) is 0 Å². The quantitative estimate of drug-likeness (QED) is 0.414. The first-order valence-electron chi connectivity index (χ1n) is 6.51. The second-order valence-electron chi connectivity index (χ2n) is 4.64. The summed E-state index contributed by atoms with van der Waals surface area (Å²) in [5.74, 6) is -0.0733. The van der Waals surface area contributed by atoms with Crippen LogP contribution in [0.2, 0.25) is 0 Å². The molecule has 0 aromatic carbocycles. The van der Waals surface area contributed by atoms with E-state index in [9.17, 15) is 4.79 Å². The van der Waals surface area contributed by atoms with Crippen LogP contribution in [0.5, 0.6) is 0 Å². The summed E-state index contributed by atoms with van der Waals surface area (Å²) >= 11 is 5.62. The van der Waals surface area contributed by atoms with E-state index in [1.165, 1.54) is 0 Å². The van der Waals surface area contributed by atoms with E-state index >= 15 is 0 Å². The molecule has 1 heterocycles. The van der Waals surface area contributed by atoms with Crippen molar-refractivity contribution in [2.24, 2.45) is 0 Å². The molecule has 5 heteroatoms. The average molecular weight is 271 g/mol. The summed E-state index contributed by atoms with van der Waals surface area (Å²) in [6, 6.07) is 0.451. The van der Waals surface area contributed by atoms with Crippen LogP contribution in [0.4, 0.5) is 0 Å². The average Bonchev–Trinajstić information content (AvgIpc) is 3.15. The molecule has 1 aromatic rings. The van der Waals surface area contributed by atoms with E-state index in [0.717, 1.165) is 38.0 Å². The summed E-state index contributed by atoms with van der Waals surface area (Å²) in [6.45, 7) is 3.30. The van der Waals surface area contributed by atoms with Crippen LogP contribution in [0, 0.1) is 0 Å². The Kier molecular flexibility index (Phi) is 4.78. The van der Waals surface area contributed by atoms with Crippen molar-refractivity contribution in [3.05, 3.63) is 17.5 Å².